The van der Waals surface area contributed by atoms with Crippen molar-refractivity contribution in [3.05, 3.63) is 28.2 Å². The van der Waals surface area contributed by atoms with Gasteiger partial charge in [0.15, 0.2) is 6.29 Å². The minimum absolute atomic E-state index is 0.755. The van der Waals surface area contributed by atoms with E-state index in [1.165, 1.54) is 0 Å². The van der Waals surface area contributed by atoms with Gasteiger partial charge in [-0.1, -0.05) is 22.9 Å². The highest BCUT2D eigenvalue weighted by Gasteiger charge is 2.11. The molecule has 0 atom stereocenters. The van der Waals surface area contributed by atoms with Crippen molar-refractivity contribution in [2.45, 2.75) is 13.3 Å². The predicted octanol–water partition coefficient (Wildman–Crippen LogP) is 3.04. The number of carbonyl (C=O) groups excluding carboxylic acids is 1. The Morgan fingerprint density at radius 2 is 1.94 bits per heavy atom. The maximum atomic E-state index is 11.1. The summed E-state index contributed by atoms with van der Waals surface area (Å²) in [7, 11) is 4.12. The summed E-state index contributed by atoms with van der Waals surface area (Å²) in [6.07, 6.45) is 2.00. The number of hydrogen-bond donors (Lipinski definition) is 0. The van der Waals surface area contributed by atoms with Crippen molar-refractivity contribution in [2.75, 3.05) is 38.6 Å². The summed E-state index contributed by atoms with van der Waals surface area (Å²) in [4.78, 5) is 15.6. The van der Waals surface area contributed by atoms with E-state index in [0.29, 0.717) is 0 Å². The molecular formula is C14H21BrN2O. The Morgan fingerprint density at radius 3 is 2.50 bits per heavy atom. The maximum Gasteiger partial charge on any atom is 0.152 e. The molecule has 0 radical (unpaired) electrons. The lowest BCUT2D eigenvalue weighted by molar-refractivity contribution is 0.112. The molecule has 0 bridgehead atoms. The summed E-state index contributed by atoms with van der Waals surface area (Å²) in [5, 5.41) is 0. The van der Waals surface area contributed by atoms with E-state index < -0.39 is 0 Å². The molecule has 3 nitrogen and oxygen atoms in total. The smallest absolute Gasteiger partial charge is 0.152 e. The molecule has 0 fully saturated rings. The normalized spacial score (nSPS) is 10.7. The number of nitrogens with zero attached hydrogens (tertiary/aromatic N) is 2. The van der Waals surface area contributed by atoms with Crippen molar-refractivity contribution in [1.29, 1.82) is 0 Å². The van der Waals surface area contributed by atoms with Gasteiger partial charge in [0.05, 0.1) is 0 Å². The van der Waals surface area contributed by atoms with Crippen LogP contribution in [0.15, 0.2) is 22.7 Å². The summed E-state index contributed by atoms with van der Waals surface area (Å²) >= 11 is 3.47. The van der Waals surface area contributed by atoms with E-state index in [4.69, 9.17) is 0 Å². The average molecular weight is 313 g/mol. The van der Waals surface area contributed by atoms with Gasteiger partial charge in [-0.3, -0.25) is 4.79 Å². The summed E-state index contributed by atoms with van der Waals surface area (Å²) in [6, 6.07) is 5.79. The van der Waals surface area contributed by atoms with Crippen LogP contribution in [0.2, 0.25) is 0 Å². The summed E-state index contributed by atoms with van der Waals surface area (Å²) in [6.45, 7) is 5.02. The van der Waals surface area contributed by atoms with Gasteiger partial charge >= 0.3 is 0 Å². The molecule has 1 rings (SSSR count). The van der Waals surface area contributed by atoms with Crippen LogP contribution in [0.1, 0.15) is 23.7 Å². The fourth-order valence-electron chi connectivity index (χ4n) is 1.83. The first kappa shape index (κ1) is 15.2. The van der Waals surface area contributed by atoms with E-state index in [1.54, 1.807) is 0 Å². The third-order valence-corrected chi connectivity index (χ3v) is 3.26. The van der Waals surface area contributed by atoms with Gasteiger partial charge in [0, 0.05) is 35.4 Å². The van der Waals surface area contributed by atoms with Gasteiger partial charge in [-0.2, -0.15) is 0 Å². The van der Waals surface area contributed by atoms with Crippen LogP contribution in [-0.2, 0) is 0 Å². The highest BCUT2D eigenvalue weighted by molar-refractivity contribution is 9.10. The third kappa shape index (κ3) is 4.42. The molecule has 0 aliphatic heterocycles. The predicted molar refractivity (Wildman–Crippen MR) is 80.6 cm³/mol. The van der Waals surface area contributed by atoms with Crippen LogP contribution in [0, 0.1) is 0 Å². The molecule has 0 amide bonds. The van der Waals surface area contributed by atoms with Gasteiger partial charge in [0.25, 0.3) is 0 Å². The number of benzene rings is 1. The number of aldehydes is 1. The van der Waals surface area contributed by atoms with Crippen LogP contribution in [0.3, 0.4) is 0 Å². The second-order valence-electron chi connectivity index (χ2n) is 4.61. The van der Waals surface area contributed by atoms with E-state index in [0.717, 1.165) is 48.1 Å². The Balaban J connectivity index is 2.95. The highest BCUT2D eigenvalue weighted by Crippen LogP contribution is 2.24. The van der Waals surface area contributed by atoms with Crippen molar-refractivity contribution >= 4 is 27.9 Å². The lowest BCUT2D eigenvalue weighted by Gasteiger charge is -2.27. The van der Waals surface area contributed by atoms with E-state index in [2.05, 4.69) is 46.7 Å². The molecule has 0 saturated heterocycles. The Morgan fingerprint density at radius 1 is 1.22 bits per heavy atom. The second-order valence-corrected chi connectivity index (χ2v) is 5.53. The lowest BCUT2D eigenvalue weighted by Crippen LogP contribution is -2.33. The molecule has 18 heavy (non-hydrogen) atoms. The molecule has 1 aromatic rings. The van der Waals surface area contributed by atoms with Crippen LogP contribution in [0.25, 0.3) is 0 Å². The van der Waals surface area contributed by atoms with Gasteiger partial charge in [0.2, 0.25) is 0 Å². The van der Waals surface area contributed by atoms with Crippen LogP contribution >= 0.6 is 15.9 Å². The van der Waals surface area contributed by atoms with Crippen molar-refractivity contribution in [3.63, 3.8) is 0 Å². The molecule has 0 heterocycles. The van der Waals surface area contributed by atoms with Gasteiger partial charge in [-0.05, 0) is 38.7 Å². The molecule has 0 saturated carbocycles. The SMILES string of the molecule is CCCN(CCN(C)C)c1cc(Br)ccc1C=O. The molecule has 0 N–H and O–H groups in total. The monoisotopic (exact) mass is 312 g/mol. The maximum absolute atomic E-state index is 11.1. The van der Waals surface area contributed by atoms with Crippen molar-refractivity contribution in [3.8, 4) is 0 Å². The average Bonchev–Trinajstić information content (AvgIpc) is 2.34. The topological polar surface area (TPSA) is 23.6 Å². The zero-order valence-electron chi connectivity index (χ0n) is 11.3. The van der Waals surface area contributed by atoms with E-state index in [-0.39, 0.29) is 0 Å². The van der Waals surface area contributed by atoms with Crippen LogP contribution in [-0.4, -0.2) is 44.9 Å². The summed E-state index contributed by atoms with van der Waals surface area (Å²) in [5.74, 6) is 0. The first-order chi connectivity index (χ1) is 8.58. The molecule has 0 spiro atoms. The summed E-state index contributed by atoms with van der Waals surface area (Å²) in [5.41, 5.74) is 1.77. The van der Waals surface area contributed by atoms with Crippen LogP contribution in [0.5, 0.6) is 0 Å². The Hall–Kier alpha value is -0.870. The number of hydrogen-bond acceptors (Lipinski definition) is 3. The second kappa shape index (κ2) is 7.54. The minimum Gasteiger partial charge on any atom is -0.370 e. The molecule has 0 aromatic heterocycles. The third-order valence-electron chi connectivity index (χ3n) is 2.77. The first-order valence-corrected chi connectivity index (χ1v) is 7.02. The Kier molecular flexibility index (Phi) is 6.36. The van der Waals surface area contributed by atoms with Crippen LogP contribution < -0.4 is 4.90 Å². The van der Waals surface area contributed by atoms with Gasteiger partial charge in [-0.15, -0.1) is 0 Å². The standard InChI is InChI=1S/C14H21BrN2O/c1-4-7-17(9-8-16(2)3)14-10-13(15)6-5-12(14)11-18/h5-6,10-11H,4,7-9H2,1-3H3. The zero-order chi connectivity index (χ0) is 13.5. The largest absolute Gasteiger partial charge is 0.370 e. The number of carbonyl (C=O) groups is 1. The van der Waals surface area contributed by atoms with E-state index in [9.17, 15) is 4.79 Å². The number of rotatable bonds is 7. The highest BCUT2D eigenvalue weighted by atomic mass is 79.9. The number of anilines is 1. The van der Waals surface area contributed by atoms with Crippen molar-refractivity contribution in [2.24, 2.45) is 0 Å². The molecule has 4 heteroatoms. The minimum atomic E-state index is 0.755. The fraction of sp³-hybridized carbons (Fsp3) is 0.500. The summed E-state index contributed by atoms with van der Waals surface area (Å²) < 4.78 is 1.01. The zero-order valence-corrected chi connectivity index (χ0v) is 12.9. The van der Waals surface area contributed by atoms with Gasteiger partial charge in [-0.25, -0.2) is 0 Å². The molecule has 1 aromatic carbocycles. The lowest BCUT2D eigenvalue weighted by atomic mass is 10.1. The fourth-order valence-corrected chi connectivity index (χ4v) is 2.18. The molecule has 0 aliphatic rings. The van der Waals surface area contributed by atoms with Gasteiger partial charge in [0.1, 0.15) is 0 Å². The molecule has 0 aliphatic carbocycles. The number of likely N-dealkylation sites (N-methyl/N-ethyl adjacent to an activating group) is 1. The Bertz CT molecular complexity index is 393. The van der Waals surface area contributed by atoms with E-state index >= 15 is 0 Å². The first-order valence-electron chi connectivity index (χ1n) is 6.23. The van der Waals surface area contributed by atoms with Crippen molar-refractivity contribution < 1.29 is 4.79 Å². The molecule has 100 valence electrons. The van der Waals surface area contributed by atoms with Gasteiger partial charge < -0.3 is 9.80 Å². The Labute approximate surface area is 118 Å². The quantitative estimate of drug-likeness (QED) is 0.723. The molecular weight excluding hydrogens is 292 g/mol. The molecule has 0 unspecified atom stereocenters. The van der Waals surface area contributed by atoms with E-state index in [1.807, 2.05) is 18.2 Å². The number of halogens is 1. The van der Waals surface area contributed by atoms with Crippen molar-refractivity contribution in [1.82, 2.24) is 4.90 Å². The van der Waals surface area contributed by atoms with Crippen LogP contribution in [0.4, 0.5) is 5.69 Å².